The number of amides is 2. The van der Waals surface area contributed by atoms with E-state index in [-0.39, 0.29) is 22.7 Å². The topological polar surface area (TPSA) is 80.5 Å². The lowest BCUT2D eigenvalue weighted by Crippen LogP contribution is -2.30. The number of alkyl halides is 1. The van der Waals surface area contributed by atoms with Gasteiger partial charge in [0.2, 0.25) is 0 Å². The van der Waals surface area contributed by atoms with Crippen molar-refractivity contribution in [1.82, 2.24) is 4.90 Å². The molecule has 0 bridgehead atoms. The van der Waals surface area contributed by atoms with Gasteiger partial charge in [0.15, 0.2) is 0 Å². The molecule has 6 nitrogen and oxygen atoms in total. The van der Waals surface area contributed by atoms with Crippen LogP contribution in [0.5, 0.6) is 0 Å². The van der Waals surface area contributed by atoms with Gasteiger partial charge in [-0.2, -0.15) is 0 Å². The van der Waals surface area contributed by atoms with Crippen LogP contribution in [0.1, 0.15) is 46.4 Å². The van der Waals surface area contributed by atoms with E-state index in [9.17, 15) is 19.7 Å². The third-order valence-electron chi connectivity index (χ3n) is 3.43. The second-order valence-corrected chi connectivity index (χ2v) is 5.65. The minimum atomic E-state index is -0.568. The van der Waals surface area contributed by atoms with Gasteiger partial charge in [0.1, 0.15) is 0 Å². The van der Waals surface area contributed by atoms with E-state index in [0.29, 0.717) is 6.54 Å². The van der Waals surface area contributed by atoms with Gasteiger partial charge in [0.25, 0.3) is 17.5 Å². The largest absolute Gasteiger partial charge is 0.274 e. The number of carbonyl (C=O) groups is 2. The number of hydrogen-bond donors (Lipinski definition) is 0. The molecule has 2 rings (SSSR count). The number of unbranched alkanes of at least 4 members (excludes halogenated alkanes) is 3. The van der Waals surface area contributed by atoms with Crippen molar-refractivity contribution < 1.29 is 14.5 Å². The number of benzene rings is 1. The molecule has 112 valence electrons. The van der Waals surface area contributed by atoms with E-state index in [0.717, 1.165) is 31.0 Å². The highest BCUT2D eigenvalue weighted by Gasteiger charge is 2.36. The van der Waals surface area contributed by atoms with Crippen LogP contribution in [0.2, 0.25) is 0 Å². The number of carbonyl (C=O) groups excluding carboxylic acids is 2. The maximum absolute atomic E-state index is 12.2. The van der Waals surface area contributed by atoms with Crippen LogP contribution in [-0.2, 0) is 0 Å². The molecule has 0 aliphatic carbocycles. The predicted octanol–water partition coefficient (Wildman–Crippen LogP) is 3.15. The van der Waals surface area contributed by atoms with Crippen LogP contribution in [-0.4, -0.2) is 33.5 Å². The second kappa shape index (κ2) is 6.80. The number of hydrogen-bond acceptors (Lipinski definition) is 4. The first kappa shape index (κ1) is 15.6. The summed E-state index contributed by atoms with van der Waals surface area (Å²) in [5.41, 5.74) is 0.217. The molecule has 1 aromatic carbocycles. The van der Waals surface area contributed by atoms with Crippen molar-refractivity contribution in [3.63, 3.8) is 0 Å². The zero-order valence-corrected chi connectivity index (χ0v) is 13.0. The maximum atomic E-state index is 12.2. The predicted molar refractivity (Wildman–Crippen MR) is 80.7 cm³/mol. The Bertz CT molecular complexity index is 588. The summed E-state index contributed by atoms with van der Waals surface area (Å²) in [6.45, 7) is 0.364. The van der Waals surface area contributed by atoms with Crippen molar-refractivity contribution in [2.24, 2.45) is 0 Å². The lowest BCUT2D eigenvalue weighted by molar-refractivity contribution is -0.384. The van der Waals surface area contributed by atoms with Gasteiger partial charge in [-0.3, -0.25) is 24.6 Å². The summed E-state index contributed by atoms with van der Waals surface area (Å²) in [6, 6.07) is 3.79. The standard InChI is InChI=1S/C14H15BrN2O4/c15-7-3-1-2-4-8-16-13(18)11-6-5-10(17(20)21)9-12(11)14(16)19/h5-6,9H,1-4,7-8H2. The Labute approximate surface area is 130 Å². The number of fused-ring (bicyclic) bond motifs is 1. The molecule has 0 atom stereocenters. The fourth-order valence-electron chi connectivity index (χ4n) is 2.31. The van der Waals surface area contributed by atoms with Crippen LogP contribution < -0.4 is 0 Å². The van der Waals surface area contributed by atoms with Crippen molar-refractivity contribution in [2.75, 3.05) is 11.9 Å². The summed E-state index contributed by atoms with van der Waals surface area (Å²) in [6.07, 6.45) is 3.80. The van der Waals surface area contributed by atoms with E-state index >= 15 is 0 Å². The molecule has 0 N–H and O–H groups in total. The molecule has 7 heteroatoms. The number of nitro groups is 1. The van der Waals surface area contributed by atoms with Crippen LogP contribution in [0.3, 0.4) is 0 Å². The zero-order chi connectivity index (χ0) is 15.4. The van der Waals surface area contributed by atoms with E-state index in [1.54, 1.807) is 0 Å². The van der Waals surface area contributed by atoms with Crippen LogP contribution >= 0.6 is 15.9 Å². The molecule has 0 saturated carbocycles. The minimum absolute atomic E-state index is 0.134. The fraction of sp³-hybridized carbons (Fsp3) is 0.429. The molecule has 1 heterocycles. The van der Waals surface area contributed by atoms with Crippen LogP contribution in [0.15, 0.2) is 18.2 Å². The van der Waals surface area contributed by atoms with Crippen molar-refractivity contribution in [3.8, 4) is 0 Å². The van der Waals surface area contributed by atoms with Crippen molar-refractivity contribution in [3.05, 3.63) is 39.4 Å². The number of rotatable bonds is 7. The number of non-ortho nitro benzene ring substituents is 1. The summed E-state index contributed by atoms with van der Waals surface area (Å²) in [4.78, 5) is 35.7. The molecule has 0 aromatic heterocycles. The first-order chi connectivity index (χ1) is 10.1. The highest BCUT2D eigenvalue weighted by Crippen LogP contribution is 2.27. The van der Waals surface area contributed by atoms with Crippen molar-refractivity contribution in [2.45, 2.75) is 25.7 Å². The highest BCUT2D eigenvalue weighted by atomic mass is 79.9. The van der Waals surface area contributed by atoms with Gasteiger partial charge in [-0.05, 0) is 18.9 Å². The van der Waals surface area contributed by atoms with Gasteiger partial charge in [-0.25, -0.2) is 0 Å². The summed E-state index contributed by atoms with van der Waals surface area (Å²) in [7, 11) is 0. The minimum Gasteiger partial charge on any atom is -0.274 e. The summed E-state index contributed by atoms with van der Waals surface area (Å²) >= 11 is 3.35. The molecule has 21 heavy (non-hydrogen) atoms. The third kappa shape index (κ3) is 3.29. The average molecular weight is 355 g/mol. The van der Waals surface area contributed by atoms with E-state index in [2.05, 4.69) is 15.9 Å². The van der Waals surface area contributed by atoms with Gasteiger partial charge in [-0.1, -0.05) is 28.8 Å². The molecule has 1 aliphatic rings. The van der Waals surface area contributed by atoms with E-state index in [4.69, 9.17) is 0 Å². The molecule has 0 radical (unpaired) electrons. The van der Waals surface area contributed by atoms with Gasteiger partial charge < -0.3 is 0 Å². The number of imide groups is 1. The van der Waals surface area contributed by atoms with Gasteiger partial charge in [0, 0.05) is 24.0 Å². The monoisotopic (exact) mass is 354 g/mol. The smallest absolute Gasteiger partial charge is 0.270 e. The molecule has 2 amide bonds. The lowest BCUT2D eigenvalue weighted by atomic mass is 10.1. The Morgan fingerprint density at radius 2 is 1.71 bits per heavy atom. The zero-order valence-electron chi connectivity index (χ0n) is 11.4. The van der Waals surface area contributed by atoms with Crippen molar-refractivity contribution in [1.29, 1.82) is 0 Å². The Hall–Kier alpha value is -1.76. The summed E-state index contributed by atoms with van der Waals surface area (Å²) in [5.74, 6) is -0.787. The highest BCUT2D eigenvalue weighted by molar-refractivity contribution is 9.09. The Balaban J connectivity index is 2.06. The Morgan fingerprint density at radius 3 is 2.38 bits per heavy atom. The van der Waals surface area contributed by atoms with Crippen LogP contribution in [0.25, 0.3) is 0 Å². The van der Waals surface area contributed by atoms with E-state index < -0.39 is 10.8 Å². The van der Waals surface area contributed by atoms with Crippen LogP contribution in [0, 0.1) is 10.1 Å². The molecule has 0 spiro atoms. The second-order valence-electron chi connectivity index (χ2n) is 4.85. The van der Waals surface area contributed by atoms with Gasteiger partial charge >= 0.3 is 0 Å². The fourth-order valence-corrected chi connectivity index (χ4v) is 2.71. The van der Waals surface area contributed by atoms with Crippen molar-refractivity contribution >= 4 is 33.4 Å². The molecule has 1 aliphatic heterocycles. The number of nitro benzene ring substituents is 1. The molecule has 0 unspecified atom stereocenters. The molecule has 0 fully saturated rings. The summed E-state index contributed by atoms with van der Waals surface area (Å²) < 4.78 is 0. The molecular weight excluding hydrogens is 340 g/mol. The van der Waals surface area contributed by atoms with E-state index in [1.165, 1.54) is 23.1 Å². The Morgan fingerprint density at radius 1 is 1.05 bits per heavy atom. The van der Waals surface area contributed by atoms with Gasteiger partial charge in [0.05, 0.1) is 16.1 Å². The maximum Gasteiger partial charge on any atom is 0.270 e. The first-order valence-electron chi connectivity index (χ1n) is 6.77. The van der Waals surface area contributed by atoms with Gasteiger partial charge in [-0.15, -0.1) is 0 Å². The summed E-state index contributed by atoms with van der Waals surface area (Å²) in [5, 5.41) is 11.7. The molecule has 0 saturated heterocycles. The van der Waals surface area contributed by atoms with Crippen LogP contribution in [0.4, 0.5) is 5.69 Å². The molecule has 1 aromatic rings. The number of nitrogens with zero attached hydrogens (tertiary/aromatic N) is 2. The quantitative estimate of drug-likeness (QED) is 0.247. The lowest BCUT2D eigenvalue weighted by Gasteiger charge is -2.13. The number of halogens is 1. The average Bonchev–Trinajstić information content (AvgIpc) is 2.71. The third-order valence-corrected chi connectivity index (χ3v) is 3.99. The normalized spacial score (nSPS) is 13.7. The van der Waals surface area contributed by atoms with E-state index in [1.807, 2.05) is 0 Å². The Kier molecular flexibility index (Phi) is 5.06. The first-order valence-corrected chi connectivity index (χ1v) is 7.89. The SMILES string of the molecule is O=C1c2ccc([N+](=O)[O-])cc2C(=O)N1CCCCCCBr. The molecular formula is C14H15BrN2O4.